The van der Waals surface area contributed by atoms with Gasteiger partial charge >= 0.3 is 47.6 Å². The zero-order chi connectivity index (χ0) is 30.0. The second-order valence-corrected chi connectivity index (χ2v) is 8.59. The summed E-state index contributed by atoms with van der Waals surface area (Å²) in [5.41, 5.74) is 0. The summed E-state index contributed by atoms with van der Waals surface area (Å²) < 4.78 is 34.2. The average molecular weight is 559 g/mol. The third-order valence-corrected chi connectivity index (χ3v) is 4.88. The van der Waals surface area contributed by atoms with E-state index in [-0.39, 0.29) is 18.5 Å². The van der Waals surface area contributed by atoms with Crippen LogP contribution in [0.15, 0.2) is 0 Å². The molecular weight excluding hydrogens is 522 g/mol. The second-order valence-electron chi connectivity index (χ2n) is 8.59. The second kappa shape index (κ2) is 14.8. The summed E-state index contributed by atoms with van der Waals surface area (Å²) in [6, 6.07) is -0.345. The quantitative estimate of drug-likeness (QED) is 0.202. The molecule has 0 aliphatic heterocycles. The molecule has 0 bridgehead atoms. The Kier molecular flexibility index (Phi) is 12.5. The summed E-state index contributed by atoms with van der Waals surface area (Å²) in [6.07, 6.45) is -7.55. The molecule has 218 valence electrons. The van der Waals surface area contributed by atoms with E-state index in [9.17, 15) is 28.8 Å². The van der Waals surface area contributed by atoms with E-state index in [0.717, 1.165) is 39.3 Å². The monoisotopic (exact) mass is 558 g/mol. The molecule has 0 spiro atoms. The normalized spacial score (nSPS) is 13.9. The average Bonchev–Trinajstić information content (AvgIpc) is 3.14. The molecule has 0 N–H and O–H groups in total. The maximum Gasteiger partial charge on any atom is 0.453 e. The van der Waals surface area contributed by atoms with E-state index in [1.54, 1.807) is 27.7 Å². The molecule has 0 fully saturated rings. The minimum absolute atomic E-state index is 0.00775. The lowest BCUT2D eigenvalue weighted by molar-refractivity contribution is -0.789. The number of aromatic nitrogens is 3. The van der Waals surface area contributed by atoms with Crippen molar-refractivity contribution in [3.63, 3.8) is 0 Å². The lowest BCUT2D eigenvalue weighted by Gasteiger charge is -2.34. The van der Waals surface area contributed by atoms with Gasteiger partial charge in [0.15, 0.2) is 18.3 Å². The van der Waals surface area contributed by atoms with Gasteiger partial charge in [0, 0.05) is 41.5 Å². The number of aryl methyl sites for hydroxylation is 1. The van der Waals surface area contributed by atoms with E-state index in [1.807, 2.05) is 0 Å². The Morgan fingerprint density at radius 3 is 1.72 bits per heavy atom. The van der Waals surface area contributed by atoms with Gasteiger partial charge in [-0.25, -0.2) is 4.79 Å². The SMILES string of the molecule is CCOC(=O)n1c([C@@H](OC(C)=O)[C@H](OC(C)=O)[C@H](OC(C)=O)[C@@H](COC(C)=O)OC(C)=O)nc(C)[n+]1C(C)C. The Balaban J connectivity index is 4.00. The van der Waals surface area contributed by atoms with Crippen LogP contribution in [0.3, 0.4) is 0 Å². The van der Waals surface area contributed by atoms with Crippen molar-refractivity contribution in [2.24, 2.45) is 0 Å². The molecule has 1 aromatic heterocycles. The van der Waals surface area contributed by atoms with Crippen LogP contribution in [0, 0.1) is 6.92 Å². The molecule has 0 aliphatic carbocycles. The van der Waals surface area contributed by atoms with Gasteiger partial charge in [-0.15, -0.1) is 4.68 Å². The number of ether oxygens (including phenoxy) is 6. The number of rotatable bonds is 12. The third kappa shape index (κ3) is 9.65. The number of carbonyl (C=O) groups is 6. The number of carbonyl (C=O) groups excluding carboxylic acids is 6. The summed E-state index contributed by atoms with van der Waals surface area (Å²) in [4.78, 5) is 77.6. The number of hydrogen-bond donors (Lipinski definition) is 0. The van der Waals surface area contributed by atoms with Gasteiger partial charge in [0.2, 0.25) is 6.10 Å². The molecule has 0 unspecified atom stereocenters. The standard InChI is InChI=1S/C24H36N3O12/c1-10-34-24(33)27-23(25-13(4)26(27)12(2)3)22(39-18(9)32)21(38-17(8)31)20(37-16(7)30)19(36-15(6)29)11-35-14(5)28/h12,19-22H,10-11H2,1-9H3/q+1/t19-,20-,21-,22+/m1/s1. The van der Waals surface area contributed by atoms with Crippen LogP contribution in [0.25, 0.3) is 0 Å². The molecule has 0 radical (unpaired) electrons. The van der Waals surface area contributed by atoms with Crippen LogP contribution in [0.2, 0.25) is 0 Å². The molecule has 0 aromatic carbocycles. The molecular formula is C24H36N3O12+. The van der Waals surface area contributed by atoms with Gasteiger partial charge < -0.3 is 28.4 Å². The first-order chi connectivity index (χ1) is 18.1. The van der Waals surface area contributed by atoms with Gasteiger partial charge in [-0.2, -0.15) is 0 Å². The Labute approximate surface area is 225 Å². The first kappa shape index (κ1) is 33.0. The van der Waals surface area contributed by atoms with E-state index in [1.165, 1.54) is 4.68 Å². The highest BCUT2D eigenvalue weighted by Crippen LogP contribution is 2.30. The Bertz CT molecular complexity index is 1080. The molecule has 1 rings (SSSR count). The number of esters is 5. The Hall–Kier alpha value is -4.04. The maximum atomic E-state index is 13.1. The highest BCUT2D eigenvalue weighted by molar-refractivity contribution is 5.71. The summed E-state index contributed by atoms with van der Waals surface area (Å²) >= 11 is 0. The highest BCUT2D eigenvalue weighted by Gasteiger charge is 2.50. The molecule has 15 heteroatoms. The summed E-state index contributed by atoms with van der Waals surface area (Å²) in [6.45, 7) is 11.3. The molecule has 0 aliphatic rings. The molecule has 39 heavy (non-hydrogen) atoms. The lowest BCUT2D eigenvalue weighted by atomic mass is 10.0. The predicted octanol–water partition coefficient (Wildman–Crippen LogP) is 1.03. The Morgan fingerprint density at radius 2 is 1.28 bits per heavy atom. The predicted molar refractivity (Wildman–Crippen MR) is 128 cm³/mol. The van der Waals surface area contributed by atoms with Crippen molar-refractivity contribution in [2.75, 3.05) is 13.2 Å². The van der Waals surface area contributed by atoms with Gasteiger partial charge in [-0.1, -0.05) is 4.68 Å². The van der Waals surface area contributed by atoms with Gasteiger partial charge in [0.25, 0.3) is 0 Å². The van der Waals surface area contributed by atoms with Crippen molar-refractivity contribution in [3.05, 3.63) is 11.6 Å². The summed E-state index contributed by atoms with van der Waals surface area (Å²) in [5.74, 6) is -4.24. The van der Waals surface area contributed by atoms with Crippen molar-refractivity contribution in [2.45, 2.75) is 92.8 Å². The van der Waals surface area contributed by atoms with Crippen LogP contribution >= 0.6 is 0 Å². The van der Waals surface area contributed by atoms with Crippen LogP contribution in [0.4, 0.5) is 4.79 Å². The van der Waals surface area contributed by atoms with Gasteiger partial charge in [-0.05, 0) is 25.8 Å². The first-order valence-electron chi connectivity index (χ1n) is 12.1. The van der Waals surface area contributed by atoms with Crippen molar-refractivity contribution in [3.8, 4) is 0 Å². The highest BCUT2D eigenvalue weighted by atomic mass is 16.6. The van der Waals surface area contributed by atoms with Crippen LogP contribution in [0.5, 0.6) is 0 Å². The smallest absolute Gasteiger partial charge is 0.453 e. The van der Waals surface area contributed by atoms with Crippen LogP contribution < -0.4 is 4.68 Å². The zero-order valence-corrected chi connectivity index (χ0v) is 23.5. The van der Waals surface area contributed by atoms with E-state index >= 15 is 0 Å². The largest absolute Gasteiger partial charge is 0.462 e. The molecule has 15 nitrogen and oxygen atoms in total. The molecule has 1 aromatic rings. The lowest BCUT2D eigenvalue weighted by Crippen LogP contribution is -2.53. The molecule has 0 saturated heterocycles. The molecule has 1 heterocycles. The topological polar surface area (TPSA) is 180 Å². The fraction of sp³-hybridized carbons (Fsp3) is 0.667. The van der Waals surface area contributed by atoms with Gasteiger partial charge in [0.1, 0.15) is 12.6 Å². The third-order valence-electron chi connectivity index (χ3n) is 4.88. The molecule has 0 amide bonds. The fourth-order valence-electron chi connectivity index (χ4n) is 3.77. The Morgan fingerprint density at radius 1 is 0.769 bits per heavy atom. The van der Waals surface area contributed by atoms with E-state index < -0.39 is 67.0 Å². The van der Waals surface area contributed by atoms with Crippen molar-refractivity contribution in [1.82, 2.24) is 9.67 Å². The van der Waals surface area contributed by atoms with Crippen LogP contribution in [0.1, 0.15) is 79.2 Å². The van der Waals surface area contributed by atoms with E-state index in [0.29, 0.717) is 5.82 Å². The fourth-order valence-corrected chi connectivity index (χ4v) is 3.77. The van der Waals surface area contributed by atoms with E-state index in [4.69, 9.17) is 28.4 Å². The van der Waals surface area contributed by atoms with Crippen molar-refractivity contribution >= 4 is 35.9 Å². The van der Waals surface area contributed by atoms with Crippen molar-refractivity contribution < 1.29 is 61.9 Å². The van der Waals surface area contributed by atoms with Crippen LogP contribution in [-0.4, -0.2) is 77.1 Å². The minimum Gasteiger partial charge on any atom is -0.462 e. The zero-order valence-electron chi connectivity index (χ0n) is 23.5. The van der Waals surface area contributed by atoms with Crippen LogP contribution in [-0.2, 0) is 52.4 Å². The number of hydrogen-bond acceptors (Lipinski definition) is 13. The molecule has 0 saturated carbocycles. The first-order valence-corrected chi connectivity index (χ1v) is 12.1. The van der Waals surface area contributed by atoms with Crippen molar-refractivity contribution in [1.29, 1.82) is 0 Å². The van der Waals surface area contributed by atoms with Gasteiger partial charge in [-0.3, -0.25) is 24.0 Å². The summed E-state index contributed by atoms with van der Waals surface area (Å²) in [7, 11) is 0. The van der Waals surface area contributed by atoms with Gasteiger partial charge in [0.05, 0.1) is 6.61 Å². The maximum absolute atomic E-state index is 13.1. The number of nitrogens with zero attached hydrogens (tertiary/aromatic N) is 3. The minimum atomic E-state index is -1.74. The molecule has 4 atom stereocenters. The summed E-state index contributed by atoms with van der Waals surface area (Å²) in [5, 5.41) is 0. The van der Waals surface area contributed by atoms with E-state index in [2.05, 4.69) is 4.98 Å².